The summed E-state index contributed by atoms with van der Waals surface area (Å²) in [4.78, 5) is 15.1. The van der Waals surface area contributed by atoms with Gasteiger partial charge in [0.15, 0.2) is 0 Å². The second-order valence-corrected chi connectivity index (χ2v) is 7.35. The number of benzene rings is 1. The van der Waals surface area contributed by atoms with Crippen molar-refractivity contribution < 1.29 is 9.53 Å². The molecule has 3 nitrogen and oxygen atoms in total. The van der Waals surface area contributed by atoms with Crippen LogP contribution in [0.5, 0.6) is 5.75 Å². The lowest BCUT2D eigenvalue weighted by atomic mass is 10.1. The van der Waals surface area contributed by atoms with E-state index in [4.69, 9.17) is 4.74 Å². The third-order valence-electron chi connectivity index (χ3n) is 3.23. The molecule has 0 fully saturated rings. The summed E-state index contributed by atoms with van der Waals surface area (Å²) >= 11 is 5.10. The van der Waals surface area contributed by atoms with Gasteiger partial charge in [0.1, 0.15) is 5.75 Å². The molecule has 1 aromatic heterocycles. The SMILES string of the molecule is COc1ccc(CCC(=O)N(C)Cc2ccc(Br)s2)cc1. The molecule has 21 heavy (non-hydrogen) atoms. The normalized spacial score (nSPS) is 10.4. The maximum Gasteiger partial charge on any atom is 0.222 e. The van der Waals surface area contributed by atoms with E-state index in [1.165, 1.54) is 4.88 Å². The Morgan fingerprint density at radius 2 is 1.95 bits per heavy atom. The molecule has 0 aliphatic carbocycles. The van der Waals surface area contributed by atoms with Gasteiger partial charge in [0.05, 0.1) is 17.4 Å². The van der Waals surface area contributed by atoms with E-state index in [1.54, 1.807) is 23.3 Å². The van der Waals surface area contributed by atoms with Gasteiger partial charge in [-0.25, -0.2) is 0 Å². The number of hydrogen-bond donors (Lipinski definition) is 0. The van der Waals surface area contributed by atoms with Gasteiger partial charge in [0, 0.05) is 18.3 Å². The maximum absolute atomic E-state index is 12.1. The van der Waals surface area contributed by atoms with Gasteiger partial charge in [-0.1, -0.05) is 12.1 Å². The number of rotatable bonds is 6. The van der Waals surface area contributed by atoms with Gasteiger partial charge in [-0.2, -0.15) is 0 Å². The summed E-state index contributed by atoms with van der Waals surface area (Å²) in [5, 5.41) is 0. The summed E-state index contributed by atoms with van der Waals surface area (Å²) in [5.74, 6) is 1.00. The fraction of sp³-hybridized carbons (Fsp3) is 0.312. The second kappa shape index (κ2) is 7.61. The first kappa shape index (κ1) is 16.0. The molecule has 112 valence electrons. The summed E-state index contributed by atoms with van der Waals surface area (Å²) in [7, 11) is 3.50. The second-order valence-electron chi connectivity index (χ2n) is 4.80. The van der Waals surface area contributed by atoms with Gasteiger partial charge in [-0.15, -0.1) is 11.3 Å². The lowest BCUT2D eigenvalue weighted by Crippen LogP contribution is -2.25. The Morgan fingerprint density at radius 3 is 2.52 bits per heavy atom. The largest absolute Gasteiger partial charge is 0.497 e. The Kier molecular flexibility index (Phi) is 5.82. The van der Waals surface area contributed by atoms with Crippen LogP contribution in [0.15, 0.2) is 40.2 Å². The van der Waals surface area contributed by atoms with E-state index in [2.05, 4.69) is 15.9 Å². The fourth-order valence-corrected chi connectivity index (χ4v) is 3.53. The molecule has 1 heterocycles. The molecule has 0 aliphatic heterocycles. The topological polar surface area (TPSA) is 29.5 Å². The van der Waals surface area contributed by atoms with Crippen molar-refractivity contribution in [2.24, 2.45) is 0 Å². The van der Waals surface area contributed by atoms with E-state index >= 15 is 0 Å². The summed E-state index contributed by atoms with van der Waals surface area (Å²) in [5.41, 5.74) is 1.15. The molecular weight excluding hydrogens is 350 g/mol. The first-order valence-electron chi connectivity index (χ1n) is 6.69. The smallest absolute Gasteiger partial charge is 0.222 e. The Labute approximate surface area is 137 Å². The zero-order valence-corrected chi connectivity index (χ0v) is 14.5. The van der Waals surface area contributed by atoms with Crippen molar-refractivity contribution in [2.75, 3.05) is 14.2 Å². The van der Waals surface area contributed by atoms with Gasteiger partial charge in [-0.05, 0) is 52.2 Å². The average molecular weight is 368 g/mol. The van der Waals surface area contributed by atoms with Crippen LogP contribution in [-0.2, 0) is 17.8 Å². The Hall–Kier alpha value is -1.33. The first-order valence-corrected chi connectivity index (χ1v) is 8.30. The molecule has 0 saturated heterocycles. The minimum Gasteiger partial charge on any atom is -0.497 e. The number of thiophene rings is 1. The fourth-order valence-electron chi connectivity index (χ4n) is 1.99. The van der Waals surface area contributed by atoms with Crippen LogP contribution in [0, 0.1) is 0 Å². The number of amides is 1. The van der Waals surface area contributed by atoms with E-state index in [0.717, 1.165) is 21.5 Å². The number of ether oxygens (including phenoxy) is 1. The Bertz CT molecular complexity index is 595. The lowest BCUT2D eigenvalue weighted by Gasteiger charge is -2.16. The lowest BCUT2D eigenvalue weighted by molar-refractivity contribution is -0.130. The van der Waals surface area contributed by atoms with E-state index in [0.29, 0.717) is 13.0 Å². The van der Waals surface area contributed by atoms with Crippen LogP contribution in [0.1, 0.15) is 16.9 Å². The molecule has 0 saturated carbocycles. The zero-order valence-electron chi connectivity index (χ0n) is 12.1. The highest BCUT2D eigenvalue weighted by atomic mass is 79.9. The number of methoxy groups -OCH3 is 1. The van der Waals surface area contributed by atoms with Gasteiger partial charge in [0.2, 0.25) is 5.91 Å². The van der Waals surface area contributed by atoms with Gasteiger partial charge < -0.3 is 9.64 Å². The van der Waals surface area contributed by atoms with E-state index in [9.17, 15) is 4.79 Å². The highest BCUT2D eigenvalue weighted by molar-refractivity contribution is 9.11. The maximum atomic E-state index is 12.1. The summed E-state index contributed by atoms with van der Waals surface area (Å²) in [6.07, 6.45) is 1.27. The van der Waals surface area contributed by atoms with Crippen molar-refractivity contribution in [1.29, 1.82) is 0 Å². The molecule has 0 bridgehead atoms. The van der Waals surface area contributed by atoms with E-state index < -0.39 is 0 Å². The van der Waals surface area contributed by atoms with Gasteiger partial charge in [0.25, 0.3) is 0 Å². The predicted molar refractivity (Wildman–Crippen MR) is 89.8 cm³/mol. The number of nitrogens with zero attached hydrogens (tertiary/aromatic N) is 1. The number of hydrogen-bond acceptors (Lipinski definition) is 3. The molecule has 1 amide bonds. The number of aryl methyl sites for hydroxylation is 1. The first-order chi connectivity index (χ1) is 10.1. The minimum absolute atomic E-state index is 0.162. The molecule has 5 heteroatoms. The summed E-state index contributed by atoms with van der Waals surface area (Å²) in [6.45, 7) is 0.664. The number of carbonyl (C=O) groups excluding carboxylic acids is 1. The molecule has 0 atom stereocenters. The zero-order chi connectivity index (χ0) is 15.2. The minimum atomic E-state index is 0.162. The van der Waals surface area contributed by atoms with Crippen molar-refractivity contribution in [3.05, 3.63) is 50.6 Å². The molecular formula is C16H18BrNO2S. The third kappa shape index (κ3) is 4.86. The Balaban J connectivity index is 1.82. The number of halogens is 1. The summed E-state index contributed by atoms with van der Waals surface area (Å²) < 4.78 is 6.22. The van der Waals surface area contributed by atoms with E-state index in [-0.39, 0.29) is 5.91 Å². The molecule has 2 aromatic rings. The van der Waals surface area contributed by atoms with Crippen molar-refractivity contribution in [2.45, 2.75) is 19.4 Å². The van der Waals surface area contributed by atoms with Crippen LogP contribution >= 0.6 is 27.3 Å². The highest BCUT2D eigenvalue weighted by Gasteiger charge is 2.10. The van der Waals surface area contributed by atoms with E-state index in [1.807, 2.05) is 43.4 Å². The van der Waals surface area contributed by atoms with Crippen LogP contribution in [-0.4, -0.2) is 25.0 Å². The van der Waals surface area contributed by atoms with Crippen LogP contribution in [0.3, 0.4) is 0 Å². The monoisotopic (exact) mass is 367 g/mol. The van der Waals surface area contributed by atoms with Crippen molar-refractivity contribution in [3.8, 4) is 5.75 Å². The van der Waals surface area contributed by atoms with Crippen LogP contribution in [0.25, 0.3) is 0 Å². The standard InChI is InChI=1S/C16H18BrNO2S/c1-18(11-14-8-9-15(17)21-14)16(19)10-5-12-3-6-13(20-2)7-4-12/h3-4,6-9H,5,10-11H2,1-2H3. The Morgan fingerprint density at radius 1 is 1.24 bits per heavy atom. The molecule has 0 spiro atoms. The molecule has 0 N–H and O–H groups in total. The van der Waals surface area contributed by atoms with Crippen LogP contribution in [0.2, 0.25) is 0 Å². The quantitative estimate of drug-likeness (QED) is 0.768. The molecule has 0 unspecified atom stereocenters. The highest BCUT2D eigenvalue weighted by Crippen LogP contribution is 2.23. The summed E-state index contributed by atoms with van der Waals surface area (Å²) in [6, 6.07) is 11.9. The van der Waals surface area contributed by atoms with Gasteiger partial charge >= 0.3 is 0 Å². The van der Waals surface area contributed by atoms with Crippen molar-refractivity contribution in [3.63, 3.8) is 0 Å². The van der Waals surface area contributed by atoms with Crippen molar-refractivity contribution in [1.82, 2.24) is 4.90 Å². The number of carbonyl (C=O) groups is 1. The molecule has 0 radical (unpaired) electrons. The van der Waals surface area contributed by atoms with Crippen LogP contribution in [0.4, 0.5) is 0 Å². The average Bonchev–Trinajstić information content (AvgIpc) is 2.90. The molecule has 2 rings (SSSR count). The van der Waals surface area contributed by atoms with Crippen molar-refractivity contribution >= 4 is 33.2 Å². The van der Waals surface area contributed by atoms with Crippen LogP contribution < -0.4 is 4.74 Å². The molecule has 0 aliphatic rings. The molecule has 1 aromatic carbocycles. The predicted octanol–water partition coefficient (Wildman–Crippen LogP) is 4.11. The third-order valence-corrected chi connectivity index (χ3v) is 4.84. The van der Waals surface area contributed by atoms with Gasteiger partial charge in [-0.3, -0.25) is 4.79 Å².